The van der Waals surface area contributed by atoms with Crippen LogP contribution in [0.4, 0.5) is 18.9 Å². The zero-order chi connectivity index (χ0) is 32.0. The van der Waals surface area contributed by atoms with E-state index in [1.807, 2.05) is 45.9 Å². The summed E-state index contributed by atoms with van der Waals surface area (Å²) in [7, 11) is 0. The summed E-state index contributed by atoms with van der Waals surface area (Å²) in [6.07, 6.45) is -4.03. The van der Waals surface area contributed by atoms with Crippen molar-refractivity contribution in [2.45, 2.75) is 64.1 Å². The maximum Gasteiger partial charge on any atom is 0.416 e. The fourth-order valence-corrected chi connectivity index (χ4v) is 7.45. The number of hydrogen-bond donors (Lipinski definition) is 1. The van der Waals surface area contributed by atoms with Gasteiger partial charge in [-0.15, -0.1) is 0 Å². The van der Waals surface area contributed by atoms with Crippen LogP contribution in [-0.4, -0.2) is 5.78 Å². The first-order valence-electron chi connectivity index (χ1n) is 14.3. The second-order valence-electron chi connectivity index (χ2n) is 12.3. The molecule has 3 aromatic carbocycles. The van der Waals surface area contributed by atoms with Crippen molar-refractivity contribution < 1.29 is 18.0 Å². The highest BCUT2D eigenvalue weighted by atomic mass is 35.5. The Balaban J connectivity index is 1.66. The summed E-state index contributed by atoms with van der Waals surface area (Å²) >= 11 is 8.28. The van der Waals surface area contributed by atoms with Crippen molar-refractivity contribution in [3.63, 3.8) is 0 Å². The summed E-state index contributed by atoms with van der Waals surface area (Å²) < 4.78 is 41.3. The van der Waals surface area contributed by atoms with Gasteiger partial charge in [-0.1, -0.05) is 67.9 Å². The van der Waals surface area contributed by atoms with Crippen LogP contribution >= 0.6 is 23.4 Å². The number of aryl methyl sites for hydroxylation is 2. The normalized spacial score (nSPS) is 18.4. The molecule has 0 amide bonds. The molecule has 1 atom stereocenters. The number of nitrogens with zero attached hydrogens (tertiary/aromatic N) is 2. The van der Waals surface area contributed by atoms with Gasteiger partial charge in [-0.05, 0) is 71.7 Å². The molecular weight excluding hydrogens is 603 g/mol. The van der Waals surface area contributed by atoms with Gasteiger partial charge in [0.25, 0.3) is 0 Å². The average molecular weight is 636 g/mol. The lowest BCUT2D eigenvalue weighted by Crippen LogP contribution is -2.42. The summed E-state index contributed by atoms with van der Waals surface area (Å²) in [5.74, 6) is 0.620. The van der Waals surface area contributed by atoms with E-state index in [1.165, 1.54) is 16.5 Å². The van der Waals surface area contributed by atoms with Crippen LogP contribution in [0.15, 0.2) is 83.3 Å². The molecule has 0 radical (unpaired) electrons. The van der Waals surface area contributed by atoms with Gasteiger partial charge in [0.1, 0.15) is 5.82 Å². The van der Waals surface area contributed by atoms with E-state index < -0.39 is 23.1 Å². The molecule has 0 fully saturated rings. The van der Waals surface area contributed by atoms with Crippen LogP contribution in [0.2, 0.25) is 5.02 Å². The number of benzene rings is 3. The number of nitriles is 1. The van der Waals surface area contributed by atoms with Gasteiger partial charge in [0.2, 0.25) is 0 Å². The number of carbonyl (C=O) groups is 1. The highest BCUT2D eigenvalue weighted by molar-refractivity contribution is 7.97. The zero-order valence-electron chi connectivity index (χ0n) is 25.0. The van der Waals surface area contributed by atoms with Gasteiger partial charge < -0.3 is 5.73 Å². The van der Waals surface area contributed by atoms with Crippen molar-refractivity contribution in [1.29, 1.82) is 5.26 Å². The third-order valence-electron chi connectivity index (χ3n) is 8.30. The van der Waals surface area contributed by atoms with E-state index in [1.54, 1.807) is 11.8 Å². The smallest absolute Gasteiger partial charge is 0.384 e. The van der Waals surface area contributed by atoms with E-state index in [4.69, 9.17) is 17.3 Å². The first-order valence-corrected chi connectivity index (χ1v) is 15.8. The van der Waals surface area contributed by atoms with Crippen molar-refractivity contribution in [3.05, 3.63) is 122 Å². The van der Waals surface area contributed by atoms with Crippen LogP contribution in [0.25, 0.3) is 0 Å². The molecule has 0 aromatic heterocycles. The highest BCUT2D eigenvalue weighted by Crippen LogP contribution is 2.52. The lowest BCUT2D eigenvalue weighted by Gasteiger charge is -2.44. The molecule has 3 aromatic rings. The molecule has 2 N–H and O–H groups in total. The molecule has 1 heterocycles. The van der Waals surface area contributed by atoms with Crippen molar-refractivity contribution in [3.8, 4) is 6.07 Å². The largest absolute Gasteiger partial charge is 0.416 e. The first kappa shape index (κ1) is 31.7. The fraction of sp³-hybridized carbons (Fsp3) is 0.314. The van der Waals surface area contributed by atoms with Gasteiger partial charge in [-0.25, -0.2) is 0 Å². The molecule has 9 heteroatoms. The van der Waals surface area contributed by atoms with Crippen LogP contribution in [0.1, 0.15) is 66.0 Å². The van der Waals surface area contributed by atoms with Crippen LogP contribution in [0.5, 0.6) is 0 Å². The van der Waals surface area contributed by atoms with Gasteiger partial charge >= 0.3 is 6.18 Å². The van der Waals surface area contributed by atoms with Crippen LogP contribution in [-0.2, 0) is 22.5 Å². The molecule has 5 rings (SSSR count). The van der Waals surface area contributed by atoms with Gasteiger partial charge in [-0.2, -0.15) is 30.2 Å². The van der Waals surface area contributed by atoms with Crippen molar-refractivity contribution in [1.82, 2.24) is 0 Å². The van der Waals surface area contributed by atoms with E-state index in [2.05, 4.69) is 30.3 Å². The molecule has 1 aliphatic carbocycles. The molecule has 4 nitrogen and oxygen atoms in total. The number of alkyl halides is 3. The summed E-state index contributed by atoms with van der Waals surface area (Å²) in [5.41, 5.74) is 11.4. The Kier molecular flexibility index (Phi) is 8.67. The number of rotatable bonds is 6. The van der Waals surface area contributed by atoms with Crippen LogP contribution in [0.3, 0.4) is 0 Å². The maximum absolute atomic E-state index is 14.0. The lowest BCUT2D eigenvalue weighted by molar-refractivity contribution is -0.137. The number of thioether (sulfide) groups is 1. The van der Waals surface area contributed by atoms with E-state index in [0.717, 1.165) is 45.9 Å². The molecule has 44 heavy (non-hydrogen) atoms. The molecule has 0 saturated heterocycles. The molecule has 0 saturated carbocycles. The quantitative estimate of drug-likeness (QED) is 0.292. The topological polar surface area (TPSA) is 70.1 Å². The second-order valence-corrected chi connectivity index (χ2v) is 13.7. The highest BCUT2D eigenvalue weighted by Gasteiger charge is 2.46. The Hall–Kier alpha value is -3.67. The second kappa shape index (κ2) is 12.0. The molecule has 0 spiro atoms. The molecule has 228 valence electrons. The van der Waals surface area contributed by atoms with E-state index in [-0.39, 0.29) is 34.3 Å². The number of nitrogens with two attached hydrogens (primary N) is 1. The fourth-order valence-electron chi connectivity index (χ4n) is 6.19. The standard InChI is InChI=1S/C35H33ClF3N3OS/c1-20-12-21(2)25(13-23(20)19-44-18-22-8-6-5-7-9-22)31-26(17-40)33(41)42(29-15-34(3,4)16-30(43)32(29)31)28-14-24(35(37,38)39)10-11-27(28)36/h5-14,31H,15-16,18-19,41H2,1-4H3. The van der Waals surface area contributed by atoms with Gasteiger partial charge in [-0.3, -0.25) is 9.69 Å². The molecule has 1 aliphatic heterocycles. The van der Waals surface area contributed by atoms with E-state index in [9.17, 15) is 23.2 Å². The Labute approximate surface area is 265 Å². The summed E-state index contributed by atoms with van der Waals surface area (Å²) in [5, 5.41) is 10.5. The number of allylic oxidation sites excluding steroid dienone is 3. The summed E-state index contributed by atoms with van der Waals surface area (Å²) in [6.45, 7) is 7.87. The number of halogens is 4. The lowest BCUT2D eigenvalue weighted by atomic mass is 9.68. The Bertz CT molecular complexity index is 1740. The zero-order valence-corrected chi connectivity index (χ0v) is 26.6. The minimum absolute atomic E-state index is 0.0122. The minimum atomic E-state index is -4.62. The number of carbonyl (C=O) groups excluding carboxylic acids is 1. The minimum Gasteiger partial charge on any atom is -0.384 e. The maximum atomic E-state index is 14.0. The van der Waals surface area contributed by atoms with Gasteiger partial charge in [0.15, 0.2) is 5.78 Å². The van der Waals surface area contributed by atoms with Crippen molar-refractivity contribution in [2.75, 3.05) is 4.90 Å². The predicted octanol–water partition coefficient (Wildman–Crippen LogP) is 9.35. The molecule has 1 unspecified atom stereocenters. The number of anilines is 1. The third-order valence-corrected chi connectivity index (χ3v) is 9.67. The van der Waals surface area contributed by atoms with Crippen molar-refractivity contribution >= 4 is 34.8 Å². The molecular formula is C35H33ClF3N3OS. The number of ketones is 1. The molecule has 2 aliphatic rings. The first-order chi connectivity index (χ1) is 20.7. The summed E-state index contributed by atoms with van der Waals surface area (Å²) in [6, 6.07) is 19.5. The van der Waals surface area contributed by atoms with Crippen LogP contribution in [0, 0.1) is 30.6 Å². The van der Waals surface area contributed by atoms with E-state index >= 15 is 0 Å². The average Bonchev–Trinajstić information content (AvgIpc) is 2.94. The molecule has 0 bridgehead atoms. The third kappa shape index (κ3) is 6.13. The van der Waals surface area contributed by atoms with Crippen molar-refractivity contribution in [2.24, 2.45) is 11.1 Å². The van der Waals surface area contributed by atoms with E-state index in [0.29, 0.717) is 17.7 Å². The Morgan fingerprint density at radius 2 is 1.75 bits per heavy atom. The van der Waals surface area contributed by atoms with Gasteiger partial charge in [0.05, 0.1) is 33.8 Å². The Morgan fingerprint density at radius 3 is 2.41 bits per heavy atom. The van der Waals surface area contributed by atoms with Gasteiger partial charge in [0, 0.05) is 29.2 Å². The Morgan fingerprint density at radius 1 is 1.05 bits per heavy atom. The number of hydrogen-bond acceptors (Lipinski definition) is 5. The predicted molar refractivity (Wildman–Crippen MR) is 171 cm³/mol. The monoisotopic (exact) mass is 635 g/mol. The SMILES string of the molecule is Cc1cc(C)c(C2C(C#N)=C(N)N(c3cc(C(F)(F)F)ccc3Cl)C3=C2C(=O)CC(C)(C)C3)cc1CSCc1ccccc1. The number of Topliss-reactive ketones (excluding diaryl/α,β-unsaturated/α-hetero) is 1. The van der Waals surface area contributed by atoms with Crippen LogP contribution < -0.4 is 10.6 Å². The summed E-state index contributed by atoms with van der Waals surface area (Å²) in [4.78, 5) is 15.4.